The van der Waals surface area contributed by atoms with Gasteiger partial charge in [-0.25, -0.2) is 4.39 Å². The van der Waals surface area contributed by atoms with Gasteiger partial charge in [-0.1, -0.05) is 42.8 Å². The molecule has 156 valence electrons. The largest absolute Gasteiger partial charge is 0.484 e. The van der Waals surface area contributed by atoms with Crippen molar-refractivity contribution in [2.75, 3.05) is 6.61 Å². The smallest absolute Gasteiger partial charge is 0.261 e. The van der Waals surface area contributed by atoms with Gasteiger partial charge >= 0.3 is 0 Å². The number of hydrogen-bond acceptors (Lipinski definition) is 3. The number of carbonyl (C=O) groups is 2. The van der Waals surface area contributed by atoms with Crippen LogP contribution < -0.4 is 10.1 Å². The van der Waals surface area contributed by atoms with Crippen LogP contribution in [0.15, 0.2) is 48.5 Å². The van der Waals surface area contributed by atoms with E-state index in [4.69, 9.17) is 16.3 Å². The topological polar surface area (TPSA) is 58.6 Å². The molecule has 0 radical (unpaired) electrons. The van der Waals surface area contributed by atoms with Crippen molar-refractivity contribution >= 4 is 23.4 Å². The van der Waals surface area contributed by atoms with Gasteiger partial charge in [0.25, 0.3) is 5.91 Å². The minimum absolute atomic E-state index is 0.0296. The number of halogens is 2. The first kappa shape index (κ1) is 22.7. The van der Waals surface area contributed by atoms with Crippen LogP contribution in [0.1, 0.15) is 32.8 Å². The van der Waals surface area contributed by atoms with E-state index in [1.54, 1.807) is 49.4 Å². The van der Waals surface area contributed by atoms with E-state index in [1.807, 2.05) is 13.8 Å². The maximum atomic E-state index is 14.2. The molecule has 2 unspecified atom stereocenters. The molecule has 2 aromatic rings. The molecule has 0 aliphatic rings. The van der Waals surface area contributed by atoms with Crippen LogP contribution in [0.5, 0.6) is 5.75 Å². The van der Waals surface area contributed by atoms with E-state index >= 15 is 0 Å². The highest BCUT2D eigenvalue weighted by atomic mass is 35.5. The Labute approximate surface area is 175 Å². The summed E-state index contributed by atoms with van der Waals surface area (Å²) in [6.07, 6.45) is 0.762. The molecule has 0 aliphatic carbocycles. The van der Waals surface area contributed by atoms with Crippen molar-refractivity contribution in [3.05, 3.63) is 64.9 Å². The average molecular weight is 421 g/mol. The van der Waals surface area contributed by atoms with Gasteiger partial charge in [-0.05, 0) is 44.5 Å². The maximum Gasteiger partial charge on any atom is 0.261 e. The second kappa shape index (κ2) is 10.8. The summed E-state index contributed by atoms with van der Waals surface area (Å²) in [4.78, 5) is 26.8. The third-order valence-electron chi connectivity index (χ3n) is 4.63. The van der Waals surface area contributed by atoms with Crippen LogP contribution in [0.2, 0.25) is 5.02 Å². The molecule has 2 aromatic carbocycles. The zero-order valence-corrected chi connectivity index (χ0v) is 17.6. The molecule has 0 aromatic heterocycles. The molecule has 2 rings (SSSR count). The minimum atomic E-state index is -0.793. The molecule has 0 aliphatic heterocycles. The number of rotatable bonds is 9. The van der Waals surface area contributed by atoms with E-state index in [-0.39, 0.29) is 25.1 Å². The molecular formula is C22H26ClFN2O3. The van der Waals surface area contributed by atoms with Crippen molar-refractivity contribution in [3.8, 4) is 5.75 Å². The van der Waals surface area contributed by atoms with Crippen molar-refractivity contribution in [3.63, 3.8) is 0 Å². The van der Waals surface area contributed by atoms with Gasteiger partial charge in [0, 0.05) is 23.2 Å². The summed E-state index contributed by atoms with van der Waals surface area (Å²) in [6.45, 7) is 5.12. The van der Waals surface area contributed by atoms with Gasteiger partial charge in [0.2, 0.25) is 5.91 Å². The van der Waals surface area contributed by atoms with Crippen molar-refractivity contribution in [2.24, 2.45) is 0 Å². The fraction of sp³-hybridized carbons (Fsp3) is 0.364. The van der Waals surface area contributed by atoms with Crippen molar-refractivity contribution in [2.45, 2.75) is 45.8 Å². The Balaban J connectivity index is 2.17. The van der Waals surface area contributed by atoms with Gasteiger partial charge in [-0.15, -0.1) is 0 Å². The lowest BCUT2D eigenvalue weighted by atomic mass is 10.1. The molecule has 2 atom stereocenters. The van der Waals surface area contributed by atoms with Crippen LogP contribution in [0.25, 0.3) is 0 Å². The Hall–Kier alpha value is -2.60. The van der Waals surface area contributed by atoms with Crippen molar-refractivity contribution < 1.29 is 18.7 Å². The number of nitrogens with zero attached hydrogens (tertiary/aromatic N) is 1. The lowest BCUT2D eigenvalue weighted by molar-refractivity contribution is -0.142. The molecule has 0 bridgehead atoms. The van der Waals surface area contributed by atoms with Gasteiger partial charge in [0.05, 0.1) is 0 Å². The summed E-state index contributed by atoms with van der Waals surface area (Å²) < 4.78 is 19.7. The van der Waals surface area contributed by atoms with Crippen molar-refractivity contribution in [1.82, 2.24) is 10.2 Å². The molecule has 29 heavy (non-hydrogen) atoms. The molecule has 0 fully saturated rings. The summed E-state index contributed by atoms with van der Waals surface area (Å²) in [5.74, 6) is -0.726. The summed E-state index contributed by atoms with van der Waals surface area (Å²) in [5.41, 5.74) is 0.326. The first-order valence-corrected chi connectivity index (χ1v) is 9.91. The molecule has 1 N–H and O–H groups in total. The Bertz CT molecular complexity index is 846. The number of ether oxygens (including phenoxy) is 1. The molecule has 0 saturated heterocycles. The third-order valence-corrected chi connectivity index (χ3v) is 4.86. The highest BCUT2D eigenvalue weighted by Gasteiger charge is 2.27. The molecule has 2 amide bonds. The SMILES string of the molecule is CCC(C)NC(=O)C(C)N(Cc1ccccc1F)C(=O)COc1cccc(Cl)c1. The van der Waals surface area contributed by atoms with E-state index in [1.165, 1.54) is 11.0 Å². The molecule has 0 spiro atoms. The zero-order valence-electron chi connectivity index (χ0n) is 16.8. The lowest BCUT2D eigenvalue weighted by Gasteiger charge is -2.29. The monoisotopic (exact) mass is 420 g/mol. The average Bonchev–Trinajstić information content (AvgIpc) is 2.70. The lowest BCUT2D eigenvalue weighted by Crippen LogP contribution is -2.50. The van der Waals surface area contributed by atoms with Crippen LogP contribution in [0.3, 0.4) is 0 Å². The fourth-order valence-corrected chi connectivity index (χ4v) is 2.82. The van der Waals surface area contributed by atoms with E-state index in [0.29, 0.717) is 16.3 Å². The van der Waals surface area contributed by atoms with Gasteiger partial charge in [-0.2, -0.15) is 0 Å². The van der Waals surface area contributed by atoms with Gasteiger partial charge in [-0.3, -0.25) is 9.59 Å². The zero-order chi connectivity index (χ0) is 21.4. The van der Waals surface area contributed by atoms with Crippen molar-refractivity contribution in [1.29, 1.82) is 0 Å². The first-order chi connectivity index (χ1) is 13.8. The maximum absolute atomic E-state index is 14.2. The van der Waals surface area contributed by atoms with E-state index in [0.717, 1.165) is 6.42 Å². The number of benzene rings is 2. The summed E-state index contributed by atoms with van der Waals surface area (Å²) >= 11 is 5.93. The van der Waals surface area contributed by atoms with Crippen LogP contribution in [-0.4, -0.2) is 35.4 Å². The molecular weight excluding hydrogens is 395 g/mol. The Kier molecular flexibility index (Phi) is 8.46. The Morgan fingerprint density at radius 3 is 2.55 bits per heavy atom. The molecule has 5 nitrogen and oxygen atoms in total. The van der Waals surface area contributed by atoms with Crippen LogP contribution >= 0.6 is 11.6 Å². The minimum Gasteiger partial charge on any atom is -0.484 e. The highest BCUT2D eigenvalue weighted by Crippen LogP contribution is 2.18. The van der Waals surface area contributed by atoms with Crippen LogP contribution in [0.4, 0.5) is 4.39 Å². The molecule has 0 heterocycles. The normalized spacial score (nSPS) is 12.7. The summed E-state index contributed by atoms with van der Waals surface area (Å²) in [7, 11) is 0. The number of amides is 2. The van der Waals surface area contributed by atoms with E-state index in [2.05, 4.69) is 5.32 Å². The standard InChI is InChI=1S/C22H26ClFN2O3/c1-4-15(2)25-22(28)16(3)26(13-17-8-5-6-11-20(17)24)21(27)14-29-19-10-7-9-18(23)12-19/h5-12,15-16H,4,13-14H2,1-3H3,(H,25,28). The highest BCUT2D eigenvalue weighted by molar-refractivity contribution is 6.30. The van der Waals surface area contributed by atoms with Crippen LogP contribution in [-0.2, 0) is 16.1 Å². The first-order valence-electron chi connectivity index (χ1n) is 9.53. The molecule has 0 saturated carbocycles. The van der Waals surface area contributed by atoms with Crippen LogP contribution in [0, 0.1) is 5.82 Å². The summed E-state index contributed by atoms with van der Waals surface area (Å²) in [6, 6.07) is 12.0. The Morgan fingerprint density at radius 1 is 1.17 bits per heavy atom. The third kappa shape index (κ3) is 6.75. The predicted molar refractivity (Wildman–Crippen MR) is 111 cm³/mol. The van der Waals surface area contributed by atoms with Gasteiger partial charge in [0.15, 0.2) is 6.61 Å². The number of hydrogen-bond donors (Lipinski definition) is 1. The number of carbonyl (C=O) groups excluding carboxylic acids is 2. The quantitative estimate of drug-likeness (QED) is 0.661. The van der Waals surface area contributed by atoms with E-state index in [9.17, 15) is 14.0 Å². The second-order valence-corrected chi connectivity index (χ2v) is 7.29. The van der Waals surface area contributed by atoms with Gasteiger partial charge < -0.3 is 15.0 Å². The number of nitrogens with one attached hydrogen (secondary N) is 1. The predicted octanol–water partition coefficient (Wildman–Crippen LogP) is 4.19. The Morgan fingerprint density at radius 2 is 1.90 bits per heavy atom. The van der Waals surface area contributed by atoms with E-state index < -0.39 is 17.8 Å². The summed E-state index contributed by atoms with van der Waals surface area (Å²) in [5, 5.41) is 3.35. The van der Waals surface area contributed by atoms with Gasteiger partial charge in [0.1, 0.15) is 17.6 Å². The second-order valence-electron chi connectivity index (χ2n) is 6.85. The fourth-order valence-electron chi connectivity index (χ4n) is 2.64. The molecule has 7 heteroatoms.